The van der Waals surface area contributed by atoms with Crippen molar-refractivity contribution >= 4 is 43.5 Å². The summed E-state index contributed by atoms with van der Waals surface area (Å²) < 4.78 is 1.31. The van der Waals surface area contributed by atoms with Crippen molar-refractivity contribution in [3.63, 3.8) is 0 Å². The van der Waals surface area contributed by atoms with Crippen molar-refractivity contribution in [2.75, 3.05) is 0 Å². The number of aromatic nitrogens is 2. The van der Waals surface area contributed by atoms with Gasteiger partial charge in [0, 0.05) is 15.1 Å². The van der Waals surface area contributed by atoms with E-state index in [4.69, 9.17) is 11.6 Å². The first kappa shape index (κ1) is 13.8. The molecule has 1 aromatic carbocycles. The Kier molecular flexibility index (Phi) is 4.25. The molecule has 0 aliphatic heterocycles. The SMILES string of the molecule is CCc1nc(-c2cc(Cl)ccc2Br)[nH]c(=O)c1Br. The molecule has 0 fully saturated rings. The van der Waals surface area contributed by atoms with Crippen LogP contribution in [-0.2, 0) is 6.42 Å². The highest BCUT2D eigenvalue weighted by Gasteiger charge is 2.11. The van der Waals surface area contributed by atoms with Crippen LogP contribution in [0.25, 0.3) is 11.4 Å². The van der Waals surface area contributed by atoms with Crippen molar-refractivity contribution in [1.29, 1.82) is 0 Å². The third-order valence-corrected chi connectivity index (χ3v) is 4.19. The molecule has 0 atom stereocenters. The van der Waals surface area contributed by atoms with Crippen molar-refractivity contribution in [1.82, 2.24) is 9.97 Å². The molecule has 1 N–H and O–H groups in total. The lowest BCUT2D eigenvalue weighted by Gasteiger charge is -2.07. The van der Waals surface area contributed by atoms with Crippen LogP contribution in [0.1, 0.15) is 12.6 Å². The molecule has 6 heteroatoms. The molecule has 1 heterocycles. The lowest BCUT2D eigenvalue weighted by molar-refractivity contribution is 0.970. The maximum atomic E-state index is 11.8. The lowest BCUT2D eigenvalue weighted by Crippen LogP contribution is -2.13. The van der Waals surface area contributed by atoms with E-state index in [1.165, 1.54) is 0 Å². The molecule has 0 aliphatic rings. The second-order valence-corrected chi connectivity index (χ2v) is 5.74. The molecule has 0 aliphatic carbocycles. The number of rotatable bonds is 2. The van der Waals surface area contributed by atoms with E-state index in [0.29, 0.717) is 21.7 Å². The Morgan fingerprint density at radius 2 is 2.11 bits per heavy atom. The molecule has 0 spiro atoms. The Hall–Kier alpha value is -0.650. The average Bonchev–Trinajstić information content (AvgIpc) is 2.35. The molecular formula is C12H9Br2ClN2O. The zero-order chi connectivity index (χ0) is 13.3. The molecule has 94 valence electrons. The van der Waals surface area contributed by atoms with Gasteiger partial charge >= 0.3 is 0 Å². The predicted octanol–water partition coefficient (Wildman–Crippen LogP) is 4.18. The monoisotopic (exact) mass is 390 g/mol. The zero-order valence-electron chi connectivity index (χ0n) is 9.43. The van der Waals surface area contributed by atoms with Crippen molar-refractivity contribution in [3.05, 3.63) is 48.2 Å². The lowest BCUT2D eigenvalue weighted by atomic mass is 10.2. The fraction of sp³-hybridized carbons (Fsp3) is 0.167. The van der Waals surface area contributed by atoms with Crippen LogP contribution in [0.3, 0.4) is 0 Å². The minimum atomic E-state index is -0.191. The Balaban J connectivity index is 2.68. The van der Waals surface area contributed by atoms with Crippen molar-refractivity contribution in [3.8, 4) is 11.4 Å². The summed E-state index contributed by atoms with van der Waals surface area (Å²) in [6, 6.07) is 5.36. The smallest absolute Gasteiger partial charge is 0.265 e. The maximum absolute atomic E-state index is 11.8. The highest BCUT2D eigenvalue weighted by Crippen LogP contribution is 2.28. The van der Waals surface area contributed by atoms with Gasteiger partial charge in [0.05, 0.1) is 5.69 Å². The first-order valence-corrected chi connectivity index (χ1v) is 7.23. The summed E-state index contributed by atoms with van der Waals surface area (Å²) in [6.07, 6.45) is 0.676. The van der Waals surface area contributed by atoms with Gasteiger partial charge in [-0.25, -0.2) is 4.98 Å². The van der Waals surface area contributed by atoms with Gasteiger partial charge in [-0.2, -0.15) is 0 Å². The maximum Gasteiger partial charge on any atom is 0.265 e. The van der Waals surface area contributed by atoms with E-state index in [9.17, 15) is 4.79 Å². The van der Waals surface area contributed by atoms with Gasteiger partial charge < -0.3 is 4.98 Å². The number of benzene rings is 1. The van der Waals surface area contributed by atoms with Gasteiger partial charge in [-0.1, -0.05) is 34.5 Å². The summed E-state index contributed by atoms with van der Waals surface area (Å²) in [5.74, 6) is 0.509. The first-order chi connectivity index (χ1) is 8.52. The summed E-state index contributed by atoms with van der Waals surface area (Å²) in [6.45, 7) is 1.95. The largest absolute Gasteiger partial charge is 0.306 e. The molecule has 2 rings (SSSR count). The number of nitrogens with zero attached hydrogens (tertiary/aromatic N) is 1. The molecule has 1 aromatic heterocycles. The van der Waals surface area contributed by atoms with Gasteiger partial charge in [0.15, 0.2) is 0 Å². The van der Waals surface area contributed by atoms with Crippen LogP contribution in [0.2, 0.25) is 5.02 Å². The first-order valence-electron chi connectivity index (χ1n) is 5.27. The number of aryl methyl sites for hydroxylation is 1. The van der Waals surface area contributed by atoms with Crippen LogP contribution >= 0.6 is 43.5 Å². The standard InChI is InChI=1S/C12H9Br2ClN2O/c1-2-9-10(14)12(18)17-11(16-9)7-5-6(15)3-4-8(7)13/h3-5H,2H2,1H3,(H,16,17,18). The Bertz CT molecular complexity index is 655. The van der Waals surface area contributed by atoms with E-state index >= 15 is 0 Å². The summed E-state index contributed by atoms with van der Waals surface area (Å²) in [7, 11) is 0. The fourth-order valence-corrected chi connectivity index (χ4v) is 2.62. The van der Waals surface area contributed by atoms with E-state index in [-0.39, 0.29) is 5.56 Å². The number of H-pyrrole nitrogens is 1. The second kappa shape index (κ2) is 5.55. The van der Waals surface area contributed by atoms with Gasteiger partial charge in [0.2, 0.25) is 0 Å². The summed E-state index contributed by atoms with van der Waals surface area (Å²) in [5, 5.41) is 0.594. The minimum absolute atomic E-state index is 0.191. The Labute approximate surface area is 126 Å². The van der Waals surface area contributed by atoms with Gasteiger partial charge in [0.25, 0.3) is 5.56 Å². The van der Waals surface area contributed by atoms with Crippen molar-refractivity contribution in [2.24, 2.45) is 0 Å². The van der Waals surface area contributed by atoms with Crippen molar-refractivity contribution < 1.29 is 0 Å². The number of hydrogen-bond acceptors (Lipinski definition) is 2. The van der Waals surface area contributed by atoms with Gasteiger partial charge in [-0.3, -0.25) is 4.79 Å². The number of nitrogens with one attached hydrogen (secondary N) is 1. The molecule has 0 unspecified atom stereocenters. The second-order valence-electron chi connectivity index (χ2n) is 3.65. The molecule has 0 radical (unpaired) electrons. The van der Waals surface area contributed by atoms with Gasteiger partial charge in [-0.05, 0) is 40.5 Å². The number of halogens is 3. The predicted molar refractivity (Wildman–Crippen MR) is 80.1 cm³/mol. The third-order valence-electron chi connectivity index (χ3n) is 2.45. The summed E-state index contributed by atoms with van der Waals surface area (Å²) in [5.41, 5.74) is 1.30. The topological polar surface area (TPSA) is 45.8 Å². The minimum Gasteiger partial charge on any atom is -0.306 e. The van der Waals surface area contributed by atoms with E-state index in [1.807, 2.05) is 13.0 Å². The summed E-state index contributed by atoms with van der Waals surface area (Å²) >= 11 is 12.6. The number of hydrogen-bond donors (Lipinski definition) is 1. The van der Waals surface area contributed by atoms with E-state index < -0.39 is 0 Å². The quantitative estimate of drug-likeness (QED) is 0.834. The molecular weight excluding hydrogens is 383 g/mol. The van der Waals surface area contributed by atoms with Crippen LogP contribution < -0.4 is 5.56 Å². The number of aromatic amines is 1. The third kappa shape index (κ3) is 2.68. The molecule has 0 amide bonds. The van der Waals surface area contributed by atoms with E-state index in [2.05, 4.69) is 41.8 Å². The molecule has 18 heavy (non-hydrogen) atoms. The van der Waals surface area contributed by atoms with Crippen LogP contribution in [0, 0.1) is 0 Å². The van der Waals surface area contributed by atoms with Gasteiger partial charge in [-0.15, -0.1) is 0 Å². The van der Waals surface area contributed by atoms with E-state index in [1.54, 1.807) is 12.1 Å². The highest BCUT2D eigenvalue weighted by molar-refractivity contribution is 9.10. The fourth-order valence-electron chi connectivity index (χ4n) is 1.55. The van der Waals surface area contributed by atoms with Gasteiger partial charge in [0.1, 0.15) is 10.3 Å². The van der Waals surface area contributed by atoms with Crippen LogP contribution in [0.5, 0.6) is 0 Å². The Morgan fingerprint density at radius 1 is 1.39 bits per heavy atom. The molecule has 0 saturated carbocycles. The molecule has 0 saturated heterocycles. The Morgan fingerprint density at radius 3 is 2.78 bits per heavy atom. The van der Waals surface area contributed by atoms with Crippen LogP contribution in [0.15, 0.2) is 31.9 Å². The highest BCUT2D eigenvalue weighted by atomic mass is 79.9. The van der Waals surface area contributed by atoms with Crippen LogP contribution in [0.4, 0.5) is 0 Å². The normalized spacial score (nSPS) is 10.7. The molecule has 2 aromatic rings. The van der Waals surface area contributed by atoms with E-state index in [0.717, 1.165) is 15.7 Å². The average molecular weight is 392 g/mol. The molecule has 0 bridgehead atoms. The summed E-state index contributed by atoms with van der Waals surface area (Å²) in [4.78, 5) is 19.0. The van der Waals surface area contributed by atoms with Crippen molar-refractivity contribution in [2.45, 2.75) is 13.3 Å². The molecule has 3 nitrogen and oxygen atoms in total. The zero-order valence-corrected chi connectivity index (χ0v) is 13.4. The van der Waals surface area contributed by atoms with Crippen LogP contribution in [-0.4, -0.2) is 9.97 Å².